The molecule has 1 N–H and O–H groups in total. The Kier molecular flexibility index (Phi) is 2.38. The van der Waals surface area contributed by atoms with E-state index in [4.69, 9.17) is 4.55 Å². The lowest BCUT2D eigenvalue weighted by atomic mass is 10.2. The average molecular weight is 273 g/mol. The summed E-state index contributed by atoms with van der Waals surface area (Å²) in [6.07, 6.45) is 0.376. The number of hydrogen-bond acceptors (Lipinski definition) is 6. The van der Waals surface area contributed by atoms with Crippen LogP contribution in [0.2, 0.25) is 0 Å². The second-order valence-electron chi connectivity index (χ2n) is 3.59. The van der Waals surface area contributed by atoms with E-state index in [1.54, 1.807) is 0 Å². The molecular formula is C8H5N2O7S. The smallest absolute Gasteiger partial charge is 0.283 e. The van der Waals surface area contributed by atoms with Crippen LogP contribution in [0.5, 0.6) is 0 Å². The molecule has 18 heavy (non-hydrogen) atoms. The number of hydrogen-bond donors (Lipinski definition) is 1. The van der Waals surface area contributed by atoms with Crippen LogP contribution in [-0.4, -0.2) is 46.4 Å². The maximum absolute atomic E-state index is 11.5. The minimum atomic E-state index is -5.22. The van der Waals surface area contributed by atoms with Crippen LogP contribution in [0.3, 0.4) is 0 Å². The van der Waals surface area contributed by atoms with Gasteiger partial charge in [-0.25, -0.2) is 4.90 Å². The quantitative estimate of drug-likeness (QED) is 0.435. The Morgan fingerprint density at radius 1 is 1.17 bits per heavy atom. The fourth-order valence-corrected chi connectivity index (χ4v) is 2.75. The molecule has 1 fully saturated rings. The topological polar surface area (TPSA) is 140 Å². The van der Waals surface area contributed by atoms with Gasteiger partial charge in [0.1, 0.15) is 0 Å². The molecule has 95 valence electrons. The first-order valence-corrected chi connectivity index (χ1v) is 5.96. The number of carbonyl (C=O) groups excluding carboxylic acids is 4. The van der Waals surface area contributed by atoms with Crippen molar-refractivity contribution >= 4 is 33.7 Å². The lowest BCUT2D eigenvalue weighted by Gasteiger charge is -2.29. The molecule has 10 heteroatoms. The number of amides is 4. The van der Waals surface area contributed by atoms with Crippen molar-refractivity contribution in [3.8, 4) is 0 Å². The lowest BCUT2D eigenvalue weighted by molar-refractivity contribution is -0.146. The summed E-state index contributed by atoms with van der Waals surface area (Å²) in [5.41, 5.74) is 0. The van der Waals surface area contributed by atoms with Gasteiger partial charge in [0, 0.05) is 12.2 Å². The molecule has 0 aromatic carbocycles. The summed E-state index contributed by atoms with van der Waals surface area (Å²) in [5, 5.41) is 2.83. The van der Waals surface area contributed by atoms with Crippen molar-refractivity contribution in [1.82, 2.24) is 10.2 Å². The van der Waals surface area contributed by atoms with E-state index >= 15 is 0 Å². The van der Waals surface area contributed by atoms with E-state index in [0.29, 0.717) is 0 Å². The van der Waals surface area contributed by atoms with Gasteiger partial charge < -0.3 is 0 Å². The third-order valence-corrected chi connectivity index (χ3v) is 3.90. The van der Waals surface area contributed by atoms with Crippen molar-refractivity contribution in [2.24, 2.45) is 0 Å². The molecule has 1 radical (unpaired) electrons. The van der Waals surface area contributed by atoms with Crippen LogP contribution in [0.15, 0.2) is 12.2 Å². The zero-order chi connectivity index (χ0) is 13.7. The predicted octanol–water partition coefficient (Wildman–Crippen LogP) is -2.44. The monoisotopic (exact) mass is 273 g/mol. The van der Waals surface area contributed by atoms with Gasteiger partial charge >= 0.3 is 0 Å². The minimum absolute atomic E-state index is 0.0269. The zero-order valence-electron chi connectivity index (χ0n) is 8.56. The Morgan fingerprint density at radius 2 is 1.67 bits per heavy atom. The summed E-state index contributed by atoms with van der Waals surface area (Å²) < 4.78 is 31.8. The molecule has 4 amide bonds. The summed E-state index contributed by atoms with van der Waals surface area (Å²) >= 11 is 0. The first kappa shape index (κ1) is 12.4. The van der Waals surface area contributed by atoms with Gasteiger partial charge in [0.25, 0.3) is 38.6 Å². The molecule has 1 saturated heterocycles. The third-order valence-electron chi connectivity index (χ3n) is 2.55. The summed E-state index contributed by atoms with van der Waals surface area (Å²) in [4.78, 5) is 42.5. The Morgan fingerprint density at radius 3 is 2.00 bits per heavy atom. The van der Waals surface area contributed by atoms with E-state index in [-0.39, 0.29) is 4.90 Å². The van der Waals surface area contributed by atoms with E-state index < -0.39 is 45.0 Å². The number of carbonyl (C=O) groups is 4. The van der Waals surface area contributed by atoms with E-state index in [2.05, 4.69) is 5.32 Å². The molecule has 2 aliphatic heterocycles. The van der Waals surface area contributed by atoms with E-state index in [1.807, 2.05) is 0 Å². The van der Waals surface area contributed by atoms with Gasteiger partial charge in [0.15, 0.2) is 0 Å². The van der Waals surface area contributed by atoms with Crippen LogP contribution in [0.25, 0.3) is 0 Å². The third kappa shape index (κ3) is 1.39. The second-order valence-corrected chi connectivity index (χ2v) is 5.22. The fraction of sp³-hybridized carbons (Fsp3) is 0.250. The van der Waals surface area contributed by atoms with Crippen molar-refractivity contribution < 1.29 is 32.1 Å². The highest BCUT2D eigenvalue weighted by Gasteiger charge is 2.65. The first-order valence-electron chi connectivity index (χ1n) is 4.52. The molecule has 2 rings (SSSR count). The van der Waals surface area contributed by atoms with Crippen molar-refractivity contribution in [1.29, 1.82) is 0 Å². The molecule has 1 atom stereocenters. The molecule has 2 aliphatic rings. The summed E-state index contributed by atoms with van der Waals surface area (Å²) in [7, 11) is -5.22. The first-order chi connectivity index (χ1) is 8.20. The molecule has 0 aromatic heterocycles. The van der Waals surface area contributed by atoms with E-state index in [0.717, 1.165) is 12.2 Å². The Bertz CT molecular complexity index is 601. The molecule has 0 bridgehead atoms. The zero-order valence-corrected chi connectivity index (χ0v) is 9.38. The molecule has 0 spiro atoms. The number of rotatable bonds is 2. The van der Waals surface area contributed by atoms with Crippen molar-refractivity contribution in [2.75, 3.05) is 0 Å². The standard InChI is InChI=1S/C8H5N2O7S/c11-4-3-8(7(14)9-4,18(15,16)17)10-5(12)1-2-6(10)13/h1-2H,3H2,(H,15,16,17). The SMILES string of the molecule is O=C1CC(N2C(=O)C=CC2=O)(S(=O)(=O)O)C(=O)[N]1. The van der Waals surface area contributed by atoms with Gasteiger partial charge in [-0.1, -0.05) is 0 Å². The van der Waals surface area contributed by atoms with Gasteiger partial charge in [-0.3, -0.25) is 23.7 Å². The Labute approximate surface area is 100 Å². The highest BCUT2D eigenvalue weighted by atomic mass is 32.2. The van der Waals surface area contributed by atoms with Gasteiger partial charge in [-0.05, 0) is 0 Å². The Hall–Kier alpha value is -2.07. The summed E-state index contributed by atoms with van der Waals surface area (Å²) in [6.45, 7) is 0. The maximum atomic E-state index is 11.5. The van der Waals surface area contributed by atoms with Gasteiger partial charge in [-0.2, -0.15) is 13.7 Å². The summed E-state index contributed by atoms with van der Waals surface area (Å²) in [5.74, 6) is -4.92. The number of imide groups is 2. The van der Waals surface area contributed by atoms with Crippen molar-refractivity contribution in [3.05, 3.63) is 12.2 Å². The molecule has 0 aromatic rings. The average Bonchev–Trinajstić information content (AvgIpc) is 2.67. The van der Waals surface area contributed by atoms with Crippen LogP contribution in [-0.2, 0) is 29.3 Å². The molecule has 2 heterocycles. The van der Waals surface area contributed by atoms with E-state index in [9.17, 15) is 27.6 Å². The molecular weight excluding hydrogens is 268 g/mol. The van der Waals surface area contributed by atoms with Crippen LogP contribution in [0.1, 0.15) is 6.42 Å². The maximum Gasteiger partial charge on any atom is 0.300 e. The lowest BCUT2D eigenvalue weighted by Crippen LogP contribution is -2.60. The predicted molar refractivity (Wildman–Crippen MR) is 52.0 cm³/mol. The second kappa shape index (κ2) is 3.46. The fourth-order valence-electron chi connectivity index (χ4n) is 1.77. The Balaban J connectivity index is 2.66. The summed E-state index contributed by atoms with van der Waals surface area (Å²) in [6, 6.07) is 0. The van der Waals surface area contributed by atoms with E-state index in [1.165, 1.54) is 0 Å². The van der Waals surface area contributed by atoms with Gasteiger partial charge in [-0.15, -0.1) is 0 Å². The molecule has 9 nitrogen and oxygen atoms in total. The minimum Gasteiger partial charge on any atom is -0.283 e. The normalized spacial score (nSPS) is 28.2. The van der Waals surface area contributed by atoms with Crippen molar-refractivity contribution in [2.45, 2.75) is 11.3 Å². The van der Waals surface area contributed by atoms with Crippen LogP contribution in [0.4, 0.5) is 0 Å². The van der Waals surface area contributed by atoms with Crippen LogP contribution < -0.4 is 5.32 Å². The van der Waals surface area contributed by atoms with Gasteiger partial charge in [0.05, 0.1) is 6.42 Å². The highest BCUT2D eigenvalue weighted by Crippen LogP contribution is 2.33. The number of nitrogens with zero attached hydrogens (tertiary/aromatic N) is 2. The molecule has 0 saturated carbocycles. The molecule has 0 aliphatic carbocycles. The largest absolute Gasteiger partial charge is 0.300 e. The van der Waals surface area contributed by atoms with Crippen LogP contribution >= 0.6 is 0 Å². The van der Waals surface area contributed by atoms with Crippen LogP contribution in [0, 0.1) is 0 Å². The van der Waals surface area contributed by atoms with Crippen molar-refractivity contribution in [3.63, 3.8) is 0 Å². The molecule has 1 unspecified atom stereocenters. The van der Waals surface area contributed by atoms with Gasteiger partial charge in [0.2, 0.25) is 0 Å². The highest BCUT2D eigenvalue weighted by molar-refractivity contribution is 7.88.